The molecule has 0 spiro atoms. The van der Waals surface area contributed by atoms with Gasteiger partial charge in [0.25, 0.3) is 5.91 Å². The first-order valence-corrected chi connectivity index (χ1v) is 16.9. The summed E-state index contributed by atoms with van der Waals surface area (Å²) in [5.41, 5.74) is 2.04. The quantitative estimate of drug-likeness (QED) is 0.125. The van der Waals surface area contributed by atoms with Crippen LogP contribution in [0.25, 0.3) is 11.0 Å². The van der Waals surface area contributed by atoms with Gasteiger partial charge < -0.3 is 20.1 Å². The third-order valence-corrected chi connectivity index (χ3v) is 8.21. The first-order valence-electron chi connectivity index (χ1n) is 16.1. The number of anilines is 3. The fraction of sp³-hybridized carbons (Fsp3) is 0.289. The van der Waals surface area contributed by atoms with Crippen LogP contribution in [0, 0.1) is 0 Å². The molecule has 0 atom stereocenters. The Balaban J connectivity index is 1.41. The topological polar surface area (TPSA) is 127 Å². The van der Waals surface area contributed by atoms with Crippen molar-refractivity contribution in [1.82, 2.24) is 20.3 Å². The zero-order valence-corrected chi connectivity index (χ0v) is 29.6. The monoisotopic (exact) mass is 678 g/mol. The number of ether oxygens (including phenoxy) is 2. The van der Waals surface area contributed by atoms with Crippen LogP contribution in [-0.4, -0.2) is 44.7 Å². The summed E-state index contributed by atoms with van der Waals surface area (Å²) >= 11 is 1.50. The van der Waals surface area contributed by atoms with E-state index in [0.29, 0.717) is 35.0 Å². The average molecular weight is 679 g/mol. The number of pyridine rings is 1. The Hall–Kier alpha value is -5.16. The number of para-hydroxylation sites is 1. The van der Waals surface area contributed by atoms with Crippen molar-refractivity contribution in [2.45, 2.75) is 75.3 Å². The molecule has 3 aromatic carbocycles. The first kappa shape index (κ1) is 35.2. The minimum Gasteiger partial charge on any atom is -0.491 e. The van der Waals surface area contributed by atoms with E-state index in [-0.39, 0.29) is 11.8 Å². The van der Waals surface area contributed by atoms with Crippen molar-refractivity contribution in [3.8, 4) is 5.75 Å². The zero-order valence-electron chi connectivity index (χ0n) is 28.8. The Labute approximate surface area is 291 Å². The van der Waals surface area contributed by atoms with Gasteiger partial charge in [0.2, 0.25) is 0 Å². The molecule has 49 heavy (non-hydrogen) atoms. The number of carbonyl (C=O) groups is 2. The molecule has 3 N–H and O–H groups in total. The summed E-state index contributed by atoms with van der Waals surface area (Å²) in [5, 5.41) is 10.1. The van der Waals surface area contributed by atoms with Gasteiger partial charge in [0.15, 0.2) is 5.65 Å². The maximum absolute atomic E-state index is 13.6. The van der Waals surface area contributed by atoms with Gasteiger partial charge in [0.1, 0.15) is 30.1 Å². The van der Waals surface area contributed by atoms with Crippen LogP contribution in [-0.2, 0) is 4.74 Å². The standard InChI is InChI=1S/C38H42N6O4S/c1-24(2)30-19-18-29-33(42-30)39-23-40-34(29)43-31-21-25(35(45)44-38(6,7)22-47-27-11-9-8-10-12-27)13-20-32(31)49-28-16-14-26(15-17-28)41-36(46)48-37(3,4)5/h8-21,23-24H,22H2,1-7H3,(H,41,46)(H,44,45)(H,39,40,42,43). The molecular weight excluding hydrogens is 637 g/mol. The number of hydrogen-bond acceptors (Lipinski definition) is 9. The molecule has 2 heterocycles. The third kappa shape index (κ3) is 9.93. The van der Waals surface area contributed by atoms with Gasteiger partial charge in [-0.2, -0.15) is 0 Å². The maximum Gasteiger partial charge on any atom is 0.412 e. The number of aromatic nitrogens is 3. The van der Waals surface area contributed by atoms with Crippen LogP contribution in [0.15, 0.2) is 101 Å². The summed E-state index contributed by atoms with van der Waals surface area (Å²) < 4.78 is 11.3. The molecule has 0 aliphatic heterocycles. The lowest BCUT2D eigenvalue weighted by molar-refractivity contribution is 0.0635. The number of nitrogens with one attached hydrogen (secondary N) is 3. The molecule has 254 valence electrons. The van der Waals surface area contributed by atoms with Gasteiger partial charge in [-0.15, -0.1) is 0 Å². The van der Waals surface area contributed by atoms with E-state index in [2.05, 4.69) is 39.8 Å². The van der Waals surface area contributed by atoms with Crippen LogP contribution >= 0.6 is 11.8 Å². The molecule has 0 fully saturated rings. The second-order valence-electron chi connectivity index (χ2n) is 13.5. The Morgan fingerprint density at radius 3 is 2.31 bits per heavy atom. The smallest absolute Gasteiger partial charge is 0.412 e. The van der Waals surface area contributed by atoms with Crippen LogP contribution in [0.5, 0.6) is 5.75 Å². The van der Waals surface area contributed by atoms with Crippen molar-refractivity contribution in [2.75, 3.05) is 17.2 Å². The molecular formula is C38H42N6O4S. The molecule has 0 aliphatic rings. The minimum atomic E-state index is -0.647. The molecule has 0 radical (unpaired) electrons. The third-order valence-electron chi connectivity index (χ3n) is 7.13. The second-order valence-corrected chi connectivity index (χ2v) is 14.6. The molecule has 2 amide bonds. The van der Waals surface area contributed by atoms with E-state index in [9.17, 15) is 9.59 Å². The van der Waals surface area contributed by atoms with E-state index >= 15 is 0 Å². The van der Waals surface area contributed by atoms with Gasteiger partial charge in [0, 0.05) is 26.7 Å². The highest BCUT2D eigenvalue weighted by molar-refractivity contribution is 7.99. The van der Waals surface area contributed by atoms with Crippen LogP contribution in [0.3, 0.4) is 0 Å². The Morgan fingerprint density at radius 2 is 1.61 bits per heavy atom. The van der Waals surface area contributed by atoms with Crippen molar-refractivity contribution in [3.63, 3.8) is 0 Å². The summed E-state index contributed by atoms with van der Waals surface area (Å²) in [5.74, 6) is 1.32. The first-order chi connectivity index (χ1) is 23.2. The van der Waals surface area contributed by atoms with E-state index in [4.69, 9.17) is 14.5 Å². The summed E-state index contributed by atoms with van der Waals surface area (Å²) in [7, 11) is 0. The lowest BCUT2D eigenvalue weighted by Crippen LogP contribution is -2.47. The molecule has 2 aromatic heterocycles. The zero-order chi connectivity index (χ0) is 35.2. The second kappa shape index (κ2) is 14.9. The SMILES string of the molecule is CC(C)c1ccc2c(Nc3cc(C(=O)NC(C)(C)COc4ccccc4)ccc3Sc3ccc(NC(=O)OC(C)(C)C)cc3)ncnc2n1. The summed E-state index contributed by atoms with van der Waals surface area (Å²) in [6.45, 7) is 13.8. The summed E-state index contributed by atoms with van der Waals surface area (Å²) in [6.07, 6.45) is 0.965. The molecule has 5 aromatic rings. The molecule has 0 saturated carbocycles. The van der Waals surface area contributed by atoms with E-state index in [1.54, 1.807) is 6.07 Å². The van der Waals surface area contributed by atoms with Gasteiger partial charge in [-0.25, -0.2) is 19.7 Å². The predicted octanol–water partition coefficient (Wildman–Crippen LogP) is 8.98. The molecule has 11 heteroatoms. The van der Waals surface area contributed by atoms with E-state index < -0.39 is 17.2 Å². The number of amides is 2. The van der Waals surface area contributed by atoms with Crippen molar-refractivity contribution >= 4 is 52.0 Å². The fourth-order valence-electron chi connectivity index (χ4n) is 4.71. The Morgan fingerprint density at radius 1 is 0.878 bits per heavy atom. The number of rotatable bonds is 11. The lowest BCUT2D eigenvalue weighted by atomic mass is 10.1. The van der Waals surface area contributed by atoms with Crippen LogP contribution in [0.2, 0.25) is 0 Å². The van der Waals surface area contributed by atoms with Gasteiger partial charge in [-0.1, -0.05) is 43.8 Å². The van der Waals surface area contributed by atoms with E-state index in [1.807, 2.05) is 113 Å². The summed E-state index contributed by atoms with van der Waals surface area (Å²) in [4.78, 5) is 41.3. The molecule has 0 bridgehead atoms. The highest BCUT2D eigenvalue weighted by Crippen LogP contribution is 2.37. The fourth-order valence-corrected chi connectivity index (χ4v) is 5.60. The minimum absolute atomic E-state index is 0.241. The average Bonchev–Trinajstić information content (AvgIpc) is 3.04. The molecule has 0 saturated heterocycles. The lowest BCUT2D eigenvalue weighted by Gasteiger charge is -2.26. The predicted molar refractivity (Wildman–Crippen MR) is 195 cm³/mol. The number of hydrogen-bond donors (Lipinski definition) is 3. The Bertz CT molecular complexity index is 1930. The van der Waals surface area contributed by atoms with E-state index in [0.717, 1.165) is 26.6 Å². The van der Waals surface area contributed by atoms with E-state index in [1.165, 1.54) is 18.1 Å². The van der Waals surface area contributed by atoms with Crippen LogP contribution < -0.4 is 20.7 Å². The molecule has 0 unspecified atom stereocenters. The van der Waals surface area contributed by atoms with Crippen LogP contribution in [0.4, 0.5) is 22.0 Å². The number of fused-ring (bicyclic) bond motifs is 1. The van der Waals surface area contributed by atoms with Crippen molar-refractivity contribution in [3.05, 3.63) is 103 Å². The van der Waals surface area contributed by atoms with Crippen LogP contribution in [0.1, 0.15) is 70.4 Å². The van der Waals surface area contributed by atoms with Gasteiger partial charge in [-0.3, -0.25) is 10.1 Å². The maximum atomic E-state index is 13.6. The van der Waals surface area contributed by atoms with Crippen molar-refractivity contribution in [2.24, 2.45) is 0 Å². The molecule has 5 rings (SSSR count). The summed E-state index contributed by atoms with van der Waals surface area (Å²) in [6, 6.07) is 26.4. The van der Waals surface area contributed by atoms with Gasteiger partial charge >= 0.3 is 6.09 Å². The van der Waals surface area contributed by atoms with Crippen molar-refractivity contribution in [1.29, 1.82) is 0 Å². The largest absolute Gasteiger partial charge is 0.491 e. The Kier molecular flexibility index (Phi) is 10.7. The normalized spacial score (nSPS) is 11.7. The number of benzene rings is 3. The number of carbonyl (C=O) groups excluding carboxylic acids is 2. The molecule has 10 nitrogen and oxygen atoms in total. The van der Waals surface area contributed by atoms with Gasteiger partial charge in [0.05, 0.1) is 16.6 Å². The highest BCUT2D eigenvalue weighted by Gasteiger charge is 2.23. The van der Waals surface area contributed by atoms with Crippen molar-refractivity contribution < 1.29 is 19.1 Å². The molecule has 0 aliphatic carbocycles. The van der Waals surface area contributed by atoms with Gasteiger partial charge in [-0.05, 0) is 107 Å². The number of nitrogens with zero attached hydrogens (tertiary/aromatic N) is 3. The highest BCUT2D eigenvalue weighted by atomic mass is 32.2.